The summed E-state index contributed by atoms with van der Waals surface area (Å²) in [6.07, 6.45) is 0.496. The lowest BCUT2D eigenvalue weighted by Gasteiger charge is -2.50. The molecule has 3 aliphatic carbocycles. The fourth-order valence-corrected chi connectivity index (χ4v) is 6.51. The van der Waals surface area contributed by atoms with Gasteiger partial charge in [0.05, 0.1) is 0 Å². The zero-order chi connectivity index (χ0) is 21.8. The number of esters is 2. The average molecular weight is 424 g/mol. The first-order valence-electron chi connectivity index (χ1n) is 10.6. The summed E-state index contributed by atoms with van der Waals surface area (Å²) in [5.74, 6) is -1.17. The molecule has 3 aliphatic rings. The van der Waals surface area contributed by atoms with E-state index in [4.69, 9.17) is 4.74 Å². The van der Waals surface area contributed by atoms with E-state index < -0.39 is 12.1 Å². The Morgan fingerprint density at radius 2 is 1.87 bits per heavy atom. The maximum Gasteiger partial charge on any atom is 0.491 e. The summed E-state index contributed by atoms with van der Waals surface area (Å²) in [4.78, 5) is 22.8. The lowest BCUT2D eigenvalue weighted by Crippen LogP contribution is -2.45. The Morgan fingerprint density at radius 1 is 1.13 bits per heavy atom. The number of aryl methyl sites for hydroxylation is 2. The lowest BCUT2D eigenvalue weighted by molar-refractivity contribution is -0.189. The molecule has 0 amide bonds. The molecule has 0 bridgehead atoms. The van der Waals surface area contributed by atoms with Crippen LogP contribution < -0.4 is 4.74 Å². The highest BCUT2D eigenvalue weighted by Crippen LogP contribution is 2.62. The number of alkyl halides is 3. The molecule has 4 rings (SSSR count). The number of hydrogen-bond acceptors (Lipinski definition) is 4. The van der Waals surface area contributed by atoms with Crippen LogP contribution in [0, 0.1) is 24.2 Å². The van der Waals surface area contributed by atoms with Crippen molar-refractivity contribution >= 4 is 11.9 Å². The van der Waals surface area contributed by atoms with Crippen LogP contribution in [0.5, 0.6) is 5.75 Å². The van der Waals surface area contributed by atoms with Gasteiger partial charge < -0.3 is 9.47 Å². The number of fused-ring (bicyclic) bond motifs is 5. The van der Waals surface area contributed by atoms with Gasteiger partial charge in [0.2, 0.25) is 0 Å². The number of halogens is 3. The Balaban J connectivity index is 1.59. The number of benzene rings is 1. The summed E-state index contributed by atoms with van der Waals surface area (Å²) in [5.41, 5.74) is 3.06. The van der Waals surface area contributed by atoms with Gasteiger partial charge in [-0.05, 0) is 92.0 Å². The van der Waals surface area contributed by atoms with Crippen molar-refractivity contribution in [3.8, 4) is 5.75 Å². The molecule has 1 aromatic rings. The zero-order valence-corrected chi connectivity index (χ0v) is 17.5. The van der Waals surface area contributed by atoms with Gasteiger partial charge >= 0.3 is 18.1 Å². The number of hydrogen-bond donors (Lipinski definition) is 0. The minimum Gasteiger partial charge on any atom is -0.462 e. The van der Waals surface area contributed by atoms with Gasteiger partial charge in [-0.2, -0.15) is 13.2 Å². The van der Waals surface area contributed by atoms with Crippen LogP contribution in [-0.4, -0.2) is 24.2 Å². The third-order valence-electron chi connectivity index (χ3n) is 7.66. The molecule has 0 heterocycles. The predicted molar refractivity (Wildman–Crippen MR) is 103 cm³/mol. The minimum atomic E-state index is -5.01. The molecule has 0 spiro atoms. The van der Waals surface area contributed by atoms with E-state index in [9.17, 15) is 22.8 Å². The number of ether oxygens (including phenoxy) is 2. The normalized spacial score (nSPS) is 32.6. The van der Waals surface area contributed by atoms with Gasteiger partial charge in [0.1, 0.15) is 11.9 Å². The van der Waals surface area contributed by atoms with E-state index in [1.54, 1.807) is 12.1 Å². The summed E-state index contributed by atoms with van der Waals surface area (Å²) in [7, 11) is 0. The Kier molecular flexibility index (Phi) is 5.14. The standard InChI is InChI=1S/C23H27F3O4/c1-12-10-15(30-21(28)23(24,25)26)11-14-4-5-16-17(20(12)14)8-9-22(3)18(16)6-7-19(22)29-13(2)27/h10-11,16-19H,4-9H2,1-3H3/t16-,17+,18+,19?,22+/m1/s1. The Labute approximate surface area is 174 Å². The number of carbonyl (C=O) groups is 2. The first kappa shape index (κ1) is 21.2. The summed E-state index contributed by atoms with van der Waals surface area (Å²) in [6.45, 7) is 5.60. The molecule has 4 nitrogen and oxygen atoms in total. The van der Waals surface area contributed by atoms with Gasteiger partial charge in [-0.25, -0.2) is 4.79 Å². The quantitative estimate of drug-likeness (QED) is 0.481. The molecule has 0 N–H and O–H groups in total. The van der Waals surface area contributed by atoms with Crippen molar-refractivity contribution in [3.63, 3.8) is 0 Å². The van der Waals surface area contributed by atoms with Gasteiger partial charge in [-0.1, -0.05) is 6.92 Å². The monoisotopic (exact) mass is 424 g/mol. The van der Waals surface area contributed by atoms with Crippen molar-refractivity contribution in [2.24, 2.45) is 17.3 Å². The topological polar surface area (TPSA) is 52.6 Å². The lowest BCUT2D eigenvalue weighted by atomic mass is 9.55. The molecule has 2 fully saturated rings. The summed E-state index contributed by atoms with van der Waals surface area (Å²) >= 11 is 0. The second-order valence-corrected chi connectivity index (χ2v) is 9.34. The van der Waals surface area contributed by atoms with Crippen molar-refractivity contribution in [3.05, 3.63) is 28.8 Å². The zero-order valence-electron chi connectivity index (χ0n) is 17.5. The molecule has 1 unspecified atom stereocenters. The Bertz CT molecular complexity index is 878. The molecule has 7 heteroatoms. The van der Waals surface area contributed by atoms with E-state index in [2.05, 4.69) is 11.7 Å². The summed E-state index contributed by atoms with van der Waals surface area (Å²) in [6, 6.07) is 3.15. The molecule has 1 aromatic carbocycles. The fraction of sp³-hybridized carbons (Fsp3) is 0.652. The van der Waals surface area contributed by atoms with Crippen molar-refractivity contribution in [2.45, 2.75) is 77.5 Å². The summed E-state index contributed by atoms with van der Waals surface area (Å²) < 4.78 is 47.9. The molecule has 0 radical (unpaired) electrons. The molecule has 0 saturated heterocycles. The maximum absolute atomic E-state index is 12.6. The fourth-order valence-electron chi connectivity index (χ4n) is 6.51. The predicted octanol–water partition coefficient (Wildman–Crippen LogP) is 5.25. The SMILES string of the molecule is CC(=O)OC1CC[C@H]2[C@@H]3CCc4cc(OC(=O)C(F)(F)F)cc(C)c4[C@H]3CC[C@]12C. The summed E-state index contributed by atoms with van der Waals surface area (Å²) in [5, 5.41) is 0. The van der Waals surface area contributed by atoms with Gasteiger partial charge in [-0.3, -0.25) is 4.79 Å². The minimum absolute atomic E-state index is 0.0135. The largest absolute Gasteiger partial charge is 0.491 e. The first-order valence-corrected chi connectivity index (χ1v) is 10.6. The Hall–Kier alpha value is -2.05. The highest BCUT2D eigenvalue weighted by Gasteiger charge is 2.56. The van der Waals surface area contributed by atoms with Crippen molar-refractivity contribution in [1.82, 2.24) is 0 Å². The van der Waals surface area contributed by atoms with Gasteiger partial charge in [0.25, 0.3) is 0 Å². The second kappa shape index (κ2) is 7.27. The van der Waals surface area contributed by atoms with E-state index in [0.717, 1.165) is 49.7 Å². The van der Waals surface area contributed by atoms with E-state index in [0.29, 0.717) is 17.8 Å². The van der Waals surface area contributed by atoms with Crippen LogP contribution in [0.15, 0.2) is 12.1 Å². The van der Waals surface area contributed by atoms with Crippen LogP contribution in [0.4, 0.5) is 13.2 Å². The van der Waals surface area contributed by atoms with Crippen LogP contribution in [0.3, 0.4) is 0 Å². The number of carbonyl (C=O) groups excluding carboxylic acids is 2. The van der Waals surface area contributed by atoms with Crippen molar-refractivity contribution < 1.29 is 32.2 Å². The average Bonchev–Trinajstić information content (AvgIpc) is 2.96. The first-order chi connectivity index (χ1) is 14.0. The van der Waals surface area contributed by atoms with Crippen LogP contribution in [-0.2, 0) is 20.7 Å². The molecule has 0 aromatic heterocycles. The van der Waals surface area contributed by atoms with Gasteiger partial charge in [0.15, 0.2) is 0 Å². The van der Waals surface area contributed by atoms with E-state index in [1.807, 2.05) is 6.92 Å². The van der Waals surface area contributed by atoms with Crippen LogP contribution in [0.25, 0.3) is 0 Å². The van der Waals surface area contributed by atoms with E-state index in [1.165, 1.54) is 12.5 Å². The molecular weight excluding hydrogens is 397 g/mol. The molecule has 30 heavy (non-hydrogen) atoms. The van der Waals surface area contributed by atoms with E-state index >= 15 is 0 Å². The molecule has 164 valence electrons. The van der Waals surface area contributed by atoms with Gasteiger partial charge in [-0.15, -0.1) is 0 Å². The molecule has 5 atom stereocenters. The van der Waals surface area contributed by atoms with Crippen LogP contribution in [0.2, 0.25) is 0 Å². The smallest absolute Gasteiger partial charge is 0.462 e. The third-order valence-corrected chi connectivity index (χ3v) is 7.66. The van der Waals surface area contributed by atoms with E-state index in [-0.39, 0.29) is 23.2 Å². The second-order valence-electron chi connectivity index (χ2n) is 9.34. The maximum atomic E-state index is 12.6. The van der Waals surface area contributed by atoms with Crippen LogP contribution in [0.1, 0.15) is 68.6 Å². The van der Waals surface area contributed by atoms with Crippen molar-refractivity contribution in [2.75, 3.05) is 0 Å². The highest BCUT2D eigenvalue weighted by atomic mass is 19.4. The van der Waals surface area contributed by atoms with Crippen LogP contribution >= 0.6 is 0 Å². The third kappa shape index (κ3) is 3.50. The molecule has 0 aliphatic heterocycles. The number of rotatable bonds is 2. The van der Waals surface area contributed by atoms with Gasteiger partial charge in [0, 0.05) is 12.3 Å². The Morgan fingerprint density at radius 3 is 2.53 bits per heavy atom. The molecule has 2 saturated carbocycles. The van der Waals surface area contributed by atoms with Crippen molar-refractivity contribution in [1.29, 1.82) is 0 Å². The molecular formula is C23H27F3O4. The highest BCUT2D eigenvalue weighted by molar-refractivity contribution is 5.78.